The monoisotopic (exact) mass is 198 g/mol. The van der Waals surface area contributed by atoms with Crippen LogP contribution in [0.15, 0.2) is 23.6 Å². The molecule has 1 aliphatic heterocycles. The third-order valence-electron chi connectivity index (χ3n) is 1.83. The van der Waals surface area contributed by atoms with Crippen LogP contribution in [0.3, 0.4) is 0 Å². The van der Waals surface area contributed by atoms with Crippen molar-refractivity contribution in [3.8, 4) is 0 Å². The molecule has 1 aliphatic rings. The maximum Gasteiger partial charge on any atom is 0.392 e. The van der Waals surface area contributed by atoms with Gasteiger partial charge in [0.25, 0.3) is 0 Å². The summed E-state index contributed by atoms with van der Waals surface area (Å²) in [4.78, 5) is 0. The van der Waals surface area contributed by atoms with Gasteiger partial charge < -0.3 is 8.85 Å². The molecule has 0 radical (unpaired) electrons. The van der Waals surface area contributed by atoms with Crippen molar-refractivity contribution in [1.82, 2.24) is 0 Å². The molecule has 2 nitrogen and oxygen atoms in total. The first-order chi connectivity index (χ1) is 6.33. The lowest BCUT2D eigenvalue weighted by Crippen LogP contribution is -2.38. The second kappa shape index (κ2) is 5.37. The fraction of sp³-hybridized carbons (Fsp3) is 0.600. The molecule has 0 unspecified atom stereocenters. The zero-order valence-electron chi connectivity index (χ0n) is 8.45. The SMILES string of the molecule is CCCO[Si]1(OCCC)C=CC=C1. The van der Waals surface area contributed by atoms with Crippen molar-refractivity contribution in [3.63, 3.8) is 0 Å². The number of hydrogen-bond acceptors (Lipinski definition) is 2. The normalized spacial score (nSPS) is 18.3. The summed E-state index contributed by atoms with van der Waals surface area (Å²) in [5.74, 6) is 0. The van der Waals surface area contributed by atoms with Crippen LogP contribution in [-0.2, 0) is 8.85 Å². The van der Waals surface area contributed by atoms with Crippen LogP contribution in [0, 0.1) is 0 Å². The lowest BCUT2D eigenvalue weighted by Gasteiger charge is -2.22. The average Bonchev–Trinajstić information content (AvgIpc) is 2.61. The van der Waals surface area contributed by atoms with Gasteiger partial charge in [-0.2, -0.15) is 0 Å². The van der Waals surface area contributed by atoms with Gasteiger partial charge in [0.2, 0.25) is 0 Å². The molecule has 0 aromatic carbocycles. The van der Waals surface area contributed by atoms with E-state index >= 15 is 0 Å². The smallest absolute Gasteiger partial charge is 0.388 e. The minimum atomic E-state index is -2.04. The van der Waals surface area contributed by atoms with E-state index in [-0.39, 0.29) is 0 Å². The summed E-state index contributed by atoms with van der Waals surface area (Å²) in [5.41, 5.74) is 4.19. The van der Waals surface area contributed by atoms with Crippen LogP contribution >= 0.6 is 0 Å². The van der Waals surface area contributed by atoms with E-state index in [1.54, 1.807) is 0 Å². The Bertz CT molecular complexity index is 177. The largest absolute Gasteiger partial charge is 0.392 e. The first-order valence-corrected chi connectivity index (χ1v) is 6.95. The maximum atomic E-state index is 5.78. The topological polar surface area (TPSA) is 18.5 Å². The van der Waals surface area contributed by atoms with E-state index in [1.165, 1.54) is 0 Å². The Labute approximate surface area is 81.5 Å². The lowest BCUT2D eigenvalue weighted by atomic mass is 10.5. The van der Waals surface area contributed by atoms with Gasteiger partial charge in [0.15, 0.2) is 0 Å². The molecule has 0 spiro atoms. The first-order valence-electron chi connectivity index (χ1n) is 4.98. The van der Waals surface area contributed by atoms with Crippen LogP contribution in [0.1, 0.15) is 26.7 Å². The minimum Gasteiger partial charge on any atom is -0.388 e. The highest BCUT2D eigenvalue weighted by Crippen LogP contribution is 2.17. The molecule has 13 heavy (non-hydrogen) atoms. The molecule has 3 heteroatoms. The van der Waals surface area contributed by atoms with Crippen molar-refractivity contribution < 1.29 is 8.85 Å². The van der Waals surface area contributed by atoms with Gasteiger partial charge in [0.1, 0.15) is 0 Å². The summed E-state index contributed by atoms with van der Waals surface area (Å²) in [6.07, 6.45) is 6.15. The first kappa shape index (κ1) is 10.7. The van der Waals surface area contributed by atoms with Crippen molar-refractivity contribution >= 4 is 8.56 Å². The summed E-state index contributed by atoms with van der Waals surface area (Å²) in [5, 5.41) is 0. The van der Waals surface area contributed by atoms with Gasteiger partial charge in [-0.25, -0.2) is 0 Å². The highest BCUT2D eigenvalue weighted by atomic mass is 28.4. The molecule has 0 atom stereocenters. The van der Waals surface area contributed by atoms with Crippen LogP contribution in [0.5, 0.6) is 0 Å². The van der Waals surface area contributed by atoms with Crippen molar-refractivity contribution in [3.05, 3.63) is 23.6 Å². The molecule has 0 N–H and O–H groups in total. The second-order valence-corrected chi connectivity index (χ2v) is 5.82. The van der Waals surface area contributed by atoms with E-state index in [2.05, 4.69) is 25.2 Å². The molecule has 1 heterocycles. The Morgan fingerprint density at radius 1 is 0.923 bits per heavy atom. The standard InChI is InChI=1S/C10H18O2Si/c1-3-7-11-13(12-8-4-2)9-5-6-10-13/h5-6,9-10H,3-4,7-8H2,1-2H3. The zero-order valence-corrected chi connectivity index (χ0v) is 9.45. The third kappa shape index (κ3) is 3.10. The van der Waals surface area contributed by atoms with Crippen LogP contribution in [0.25, 0.3) is 0 Å². The molecule has 0 aromatic rings. The van der Waals surface area contributed by atoms with Crippen molar-refractivity contribution in [2.24, 2.45) is 0 Å². The van der Waals surface area contributed by atoms with Crippen LogP contribution in [0.4, 0.5) is 0 Å². The van der Waals surface area contributed by atoms with Crippen molar-refractivity contribution in [1.29, 1.82) is 0 Å². The van der Waals surface area contributed by atoms with E-state index in [1.807, 2.05) is 12.2 Å². The molecule has 0 aliphatic carbocycles. The fourth-order valence-corrected chi connectivity index (χ4v) is 3.58. The second-order valence-electron chi connectivity index (χ2n) is 3.14. The molecule has 0 fully saturated rings. The highest BCUT2D eigenvalue weighted by molar-refractivity contribution is 6.78. The van der Waals surface area contributed by atoms with Gasteiger partial charge in [0, 0.05) is 13.2 Å². The quantitative estimate of drug-likeness (QED) is 0.610. The molecule has 1 rings (SSSR count). The van der Waals surface area contributed by atoms with Gasteiger partial charge >= 0.3 is 8.56 Å². The molecule has 0 bridgehead atoms. The maximum absolute atomic E-state index is 5.78. The van der Waals surface area contributed by atoms with E-state index in [0.717, 1.165) is 26.1 Å². The minimum absolute atomic E-state index is 0.796. The fourth-order valence-electron chi connectivity index (χ4n) is 1.19. The summed E-state index contributed by atoms with van der Waals surface area (Å²) in [6.45, 7) is 5.82. The van der Waals surface area contributed by atoms with E-state index in [9.17, 15) is 0 Å². The summed E-state index contributed by atoms with van der Waals surface area (Å²) < 4.78 is 11.6. The van der Waals surface area contributed by atoms with Gasteiger partial charge in [-0.3, -0.25) is 0 Å². The summed E-state index contributed by atoms with van der Waals surface area (Å²) in [6, 6.07) is 0. The lowest BCUT2D eigenvalue weighted by molar-refractivity contribution is 0.190. The third-order valence-corrected chi connectivity index (χ3v) is 4.46. The van der Waals surface area contributed by atoms with Crippen LogP contribution < -0.4 is 0 Å². The Morgan fingerprint density at radius 3 is 1.77 bits per heavy atom. The Balaban J connectivity index is 2.44. The van der Waals surface area contributed by atoms with Gasteiger partial charge in [0.05, 0.1) is 0 Å². The van der Waals surface area contributed by atoms with Crippen LogP contribution in [0.2, 0.25) is 0 Å². The number of hydrogen-bond donors (Lipinski definition) is 0. The van der Waals surface area contributed by atoms with Crippen molar-refractivity contribution in [2.75, 3.05) is 13.2 Å². The molecule has 0 saturated heterocycles. The Kier molecular flexibility index (Phi) is 4.42. The predicted molar refractivity (Wildman–Crippen MR) is 56.5 cm³/mol. The van der Waals surface area contributed by atoms with Gasteiger partial charge in [-0.15, -0.1) is 0 Å². The van der Waals surface area contributed by atoms with Gasteiger partial charge in [-0.1, -0.05) is 26.0 Å². The molecular formula is C10H18O2Si. The summed E-state index contributed by atoms with van der Waals surface area (Å²) in [7, 11) is -2.04. The molecule has 0 amide bonds. The molecule has 74 valence electrons. The Morgan fingerprint density at radius 2 is 1.38 bits per heavy atom. The molecule has 0 saturated carbocycles. The predicted octanol–water partition coefficient (Wildman–Crippen LogP) is 2.49. The van der Waals surface area contributed by atoms with E-state index in [4.69, 9.17) is 8.85 Å². The van der Waals surface area contributed by atoms with Crippen LogP contribution in [-0.4, -0.2) is 21.8 Å². The highest BCUT2D eigenvalue weighted by Gasteiger charge is 2.33. The zero-order chi connectivity index (χ0) is 9.57. The van der Waals surface area contributed by atoms with Gasteiger partial charge in [-0.05, 0) is 24.2 Å². The molecule has 0 aromatic heterocycles. The Hall–Kier alpha value is -0.383. The molecular weight excluding hydrogens is 180 g/mol. The average molecular weight is 198 g/mol. The van der Waals surface area contributed by atoms with Crippen molar-refractivity contribution in [2.45, 2.75) is 26.7 Å². The van der Waals surface area contributed by atoms with E-state index in [0.29, 0.717) is 0 Å². The summed E-state index contributed by atoms with van der Waals surface area (Å²) >= 11 is 0. The van der Waals surface area contributed by atoms with E-state index < -0.39 is 8.56 Å². The number of allylic oxidation sites excluding steroid dienone is 2. The number of rotatable bonds is 6.